The minimum absolute atomic E-state index is 0.428. The number of rotatable bonds is 1. The summed E-state index contributed by atoms with van der Waals surface area (Å²) >= 11 is 0. The lowest BCUT2D eigenvalue weighted by Crippen LogP contribution is -2.43. The molecule has 1 heteroatoms. The number of fused-ring (bicyclic) bond motifs is 1. The van der Waals surface area contributed by atoms with Crippen molar-refractivity contribution in [2.75, 3.05) is 0 Å². The van der Waals surface area contributed by atoms with E-state index in [1.165, 1.54) is 25.7 Å². The molecule has 1 saturated carbocycles. The van der Waals surface area contributed by atoms with Gasteiger partial charge in [0.15, 0.2) is 0 Å². The van der Waals surface area contributed by atoms with Crippen LogP contribution in [0.5, 0.6) is 0 Å². The van der Waals surface area contributed by atoms with Crippen LogP contribution >= 0.6 is 0 Å². The fraction of sp³-hybridized carbons (Fsp3) is 0.857. The fourth-order valence-corrected chi connectivity index (χ4v) is 3.36. The Bertz CT molecular complexity index is 263. The molecule has 1 fully saturated rings. The van der Waals surface area contributed by atoms with Gasteiger partial charge < -0.3 is 5.11 Å². The van der Waals surface area contributed by atoms with Gasteiger partial charge in [-0.3, -0.25) is 0 Å². The maximum atomic E-state index is 10.4. The topological polar surface area (TPSA) is 20.2 Å². The minimum Gasteiger partial charge on any atom is -0.390 e. The standard InChI is InChI=1S/C14H24O/c1-10(2)12-7-6-11-5-4-8-14(3,15)13(11)9-12/h9-11,13,15H,4-8H2,1-3H3. The SMILES string of the molecule is CC(C)C1=CC2C(CCCC2(C)O)CC1. The lowest BCUT2D eigenvalue weighted by molar-refractivity contribution is -0.0431. The molecule has 3 unspecified atom stereocenters. The molecule has 2 aliphatic rings. The van der Waals surface area contributed by atoms with Crippen molar-refractivity contribution in [2.45, 2.75) is 58.5 Å². The van der Waals surface area contributed by atoms with E-state index >= 15 is 0 Å². The lowest BCUT2D eigenvalue weighted by atomic mass is 9.64. The fourth-order valence-electron chi connectivity index (χ4n) is 3.36. The van der Waals surface area contributed by atoms with Gasteiger partial charge in [-0.2, -0.15) is 0 Å². The smallest absolute Gasteiger partial charge is 0.0684 e. The van der Waals surface area contributed by atoms with Crippen LogP contribution in [0.25, 0.3) is 0 Å². The highest BCUT2D eigenvalue weighted by atomic mass is 16.3. The van der Waals surface area contributed by atoms with Gasteiger partial charge >= 0.3 is 0 Å². The van der Waals surface area contributed by atoms with Crippen molar-refractivity contribution in [2.24, 2.45) is 17.8 Å². The molecule has 0 bridgehead atoms. The van der Waals surface area contributed by atoms with Gasteiger partial charge in [-0.15, -0.1) is 0 Å². The Hall–Kier alpha value is -0.300. The minimum atomic E-state index is -0.441. The van der Waals surface area contributed by atoms with Crippen molar-refractivity contribution < 1.29 is 5.11 Å². The highest BCUT2D eigenvalue weighted by Gasteiger charge is 2.41. The molecule has 2 aliphatic carbocycles. The van der Waals surface area contributed by atoms with Gasteiger partial charge in [0, 0.05) is 5.92 Å². The van der Waals surface area contributed by atoms with Crippen LogP contribution in [0.3, 0.4) is 0 Å². The summed E-state index contributed by atoms with van der Waals surface area (Å²) < 4.78 is 0. The van der Waals surface area contributed by atoms with Crippen LogP contribution in [0.1, 0.15) is 52.9 Å². The maximum Gasteiger partial charge on any atom is 0.0684 e. The summed E-state index contributed by atoms with van der Waals surface area (Å²) in [4.78, 5) is 0. The van der Waals surface area contributed by atoms with E-state index in [4.69, 9.17) is 0 Å². The van der Waals surface area contributed by atoms with Gasteiger partial charge in [0.05, 0.1) is 5.60 Å². The van der Waals surface area contributed by atoms with E-state index in [1.807, 2.05) is 6.92 Å². The number of allylic oxidation sites excluding steroid dienone is 1. The normalized spacial score (nSPS) is 41.3. The zero-order valence-electron chi connectivity index (χ0n) is 10.3. The van der Waals surface area contributed by atoms with Gasteiger partial charge in [0.1, 0.15) is 0 Å². The summed E-state index contributed by atoms with van der Waals surface area (Å²) in [5.74, 6) is 1.83. The van der Waals surface area contributed by atoms with E-state index < -0.39 is 5.60 Å². The van der Waals surface area contributed by atoms with Crippen LogP contribution in [-0.4, -0.2) is 10.7 Å². The summed E-state index contributed by atoms with van der Waals surface area (Å²) in [5, 5.41) is 10.4. The van der Waals surface area contributed by atoms with Gasteiger partial charge in [-0.25, -0.2) is 0 Å². The first-order valence-electron chi connectivity index (χ1n) is 6.43. The van der Waals surface area contributed by atoms with Crippen LogP contribution in [0.15, 0.2) is 11.6 Å². The van der Waals surface area contributed by atoms with Crippen LogP contribution in [0.4, 0.5) is 0 Å². The van der Waals surface area contributed by atoms with Crippen LogP contribution in [0, 0.1) is 17.8 Å². The second-order valence-corrected chi connectivity index (χ2v) is 5.97. The van der Waals surface area contributed by atoms with Crippen molar-refractivity contribution in [1.29, 1.82) is 0 Å². The first-order chi connectivity index (χ1) is 7.00. The molecule has 0 aromatic rings. The molecule has 2 rings (SSSR count). The first kappa shape index (κ1) is 11.2. The quantitative estimate of drug-likeness (QED) is 0.654. The van der Waals surface area contributed by atoms with Gasteiger partial charge in [0.2, 0.25) is 0 Å². The van der Waals surface area contributed by atoms with E-state index in [0.717, 1.165) is 12.3 Å². The third-order valence-corrected chi connectivity index (χ3v) is 4.42. The molecule has 3 atom stereocenters. The first-order valence-corrected chi connectivity index (χ1v) is 6.43. The number of hydrogen-bond donors (Lipinski definition) is 1. The Balaban J connectivity index is 2.22. The lowest BCUT2D eigenvalue weighted by Gasteiger charge is -2.44. The average molecular weight is 208 g/mol. The molecule has 0 amide bonds. The Morgan fingerprint density at radius 2 is 2.13 bits per heavy atom. The third-order valence-electron chi connectivity index (χ3n) is 4.42. The Labute approximate surface area is 93.6 Å². The van der Waals surface area contributed by atoms with Gasteiger partial charge in [-0.1, -0.05) is 31.9 Å². The predicted octanol–water partition coefficient (Wildman–Crippen LogP) is 3.53. The van der Waals surface area contributed by atoms with Crippen LogP contribution in [-0.2, 0) is 0 Å². The summed E-state index contributed by atoms with van der Waals surface area (Å²) in [7, 11) is 0. The molecule has 15 heavy (non-hydrogen) atoms. The van der Waals surface area contributed by atoms with E-state index in [2.05, 4.69) is 19.9 Å². The zero-order chi connectivity index (χ0) is 11.1. The number of aliphatic hydroxyl groups is 1. The second kappa shape index (κ2) is 3.93. The molecular formula is C14H24O. The van der Waals surface area contributed by atoms with E-state index in [9.17, 15) is 5.11 Å². The zero-order valence-corrected chi connectivity index (χ0v) is 10.3. The molecule has 0 radical (unpaired) electrons. The van der Waals surface area contributed by atoms with Crippen molar-refractivity contribution in [3.8, 4) is 0 Å². The van der Waals surface area contributed by atoms with Crippen molar-refractivity contribution in [3.05, 3.63) is 11.6 Å². The highest BCUT2D eigenvalue weighted by Crippen LogP contribution is 2.45. The summed E-state index contributed by atoms with van der Waals surface area (Å²) in [6.45, 7) is 6.57. The second-order valence-electron chi connectivity index (χ2n) is 5.97. The Morgan fingerprint density at radius 1 is 1.40 bits per heavy atom. The molecule has 1 N–H and O–H groups in total. The van der Waals surface area contributed by atoms with Crippen LogP contribution in [0.2, 0.25) is 0 Å². The van der Waals surface area contributed by atoms with E-state index in [-0.39, 0.29) is 0 Å². The summed E-state index contributed by atoms with van der Waals surface area (Å²) in [6, 6.07) is 0. The van der Waals surface area contributed by atoms with Crippen LogP contribution < -0.4 is 0 Å². The largest absolute Gasteiger partial charge is 0.390 e. The Morgan fingerprint density at radius 3 is 2.80 bits per heavy atom. The maximum absolute atomic E-state index is 10.4. The number of hydrogen-bond acceptors (Lipinski definition) is 1. The molecule has 0 saturated heterocycles. The summed E-state index contributed by atoms with van der Waals surface area (Å²) in [5.41, 5.74) is 1.13. The molecule has 0 aromatic carbocycles. The van der Waals surface area contributed by atoms with Crippen molar-refractivity contribution in [1.82, 2.24) is 0 Å². The predicted molar refractivity (Wildman–Crippen MR) is 63.6 cm³/mol. The molecule has 0 spiro atoms. The average Bonchev–Trinajstić information content (AvgIpc) is 2.17. The molecule has 86 valence electrons. The van der Waals surface area contributed by atoms with E-state index in [0.29, 0.717) is 11.8 Å². The monoisotopic (exact) mass is 208 g/mol. The van der Waals surface area contributed by atoms with Gasteiger partial charge in [0.25, 0.3) is 0 Å². The van der Waals surface area contributed by atoms with Gasteiger partial charge in [-0.05, 0) is 44.4 Å². The molecule has 1 nitrogen and oxygen atoms in total. The molecule has 0 aliphatic heterocycles. The van der Waals surface area contributed by atoms with Crippen molar-refractivity contribution in [3.63, 3.8) is 0 Å². The molecule has 0 aromatic heterocycles. The highest BCUT2D eigenvalue weighted by molar-refractivity contribution is 5.16. The Kier molecular flexibility index (Phi) is 2.94. The third kappa shape index (κ3) is 2.13. The summed E-state index contributed by atoms with van der Waals surface area (Å²) in [6.07, 6.45) is 8.47. The molecule has 0 heterocycles. The molecular weight excluding hydrogens is 184 g/mol. The van der Waals surface area contributed by atoms with E-state index in [1.54, 1.807) is 5.57 Å². The van der Waals surface area contributed by atoms with Crippen molar-refractivity contribution >= 4 is 0 Å².